The Hall–Kier alpha value is -0.780. The van der Waals surface area contributed by atoms with Crippen molar-refractivity contribution in [3.63, 3.8) is 0 Å². The highest BCUT2D eigenvalue weighted by molar-refractivity contribution is 14.1. The highest BCUT2D eigenvalue weighted by Gasteiger charge is 2.10. The van der Waals surface area contributed by atoms with Crippen LogP contribution >= 0.6 is 22.6 Å². The largest absolute Gasteiger partial charge is 0.253 e. The molecule has 0 aliphatic carbocycles. The predicted octanol–water partition coefficient (Wildman–Crippen LogP) is 3.12. The molecule has 0 radical (unpaired) electrons. The molecule has 0 aliphatic heterocycles. The van der Waals surface area contributed by atoms with Crippen LogP contribution in [0, 0.1) is 15.2 Å². The van der Waals surface area contributed by atoms with Crippen molar-refractivity contribution in [2.24, 2.45) is 0 Å². The van der Waals surface area contributed by atoms with E-state index in [1.54, 1.807) is 34.7 Å². The second-order valence-corrected chi connectivity index (χ2v) is 3.64. The van der Waals surface area contributed by atoms with Gasteiger partial charge in [-0.3, -0.25) is 4.98 Å². The van der Waals surface area contributed by atoms with Crippen LogP contribution < -0.4 is 0 Å². The van der Waals surface area contributed by atoms with Crippen LogP contribution in [0.15, 0.2) is 24.4 Å². The Labute approximate surface area is 86.9 Å². The number of fused-ring (bicyclic) bond motifs is 1. The lowest BCUT2D eigenvalue weighted by Gasteiger charge is -2.01. The van der Waals surface area contributed by atoms with Crippen LogP contribution in [0.25, 0.3) is 10.9 Å². The van der Waals surface area contributed by atoms with Gasteiger partial charge in [-0.2, -0.15) is 0 Å². The number of aromatic nitrogens is 1. The molecule has 1 nitrogen and oxygen atoms in total. The molecule has 1 heterocycles. The van der Waals surface area contributed by atoms with Crippen LogP contribution in [0.4, 0.5) is 8.78 Å². The van der Waals surface area contributed by atoms with E-state index in [2.05, 4.69) is 4.98 Å². The fourth-order valence-electron chi connectivity index (χ4n) is 1.13. The van der Waals surface area contributed by atoms with Gasteiger partial charge in [0, 0.05) is 11.6 Å². The minimum atomic E-state index is -0.587. The fraction of sp³-hybridized carbons (Fsp3) is 0. The third kappa shape index (κ3) is 1.39. The van der Waals surface area contributed by atoms with E-state index in [0.29, 0.717) is 5.39 Å². The summed E-state index contributed by atoms with van der Waals surface area (Å²) in [6.45, 7) is 0. The second kappa shape index (κ2) is 3.17. The van der Waals surface area contributed by atoms with Crippen LogP contribution in [0.5, 0.6) is 0 Å². The molecule has 0 N–H and O–H groups in total. The number of pyridine rings is 1. The van der Waals surface area contributed by atoms with Gasteiger partial charge in [0.2, 0.25) is 0 Å². The number of hydrogen-bond acceptors (Lipinski definition) is 1. The van der Waals surface area contributed by atoms with Crippen LogP contribution in [0.1, 0.15) is 0 Å². The van der Waals surface area contributed by atoms with Crippen molar-refractivity contribution in [2.45, 2.75) is 0 Å². The Morgan fingerprint density at radius 1 is 1.31 bits per heavy atom. The molecule has 4 heteroatoms. The number of benzene rings is 1. The van der Waals surface area contributed by atoms with E-state index in [-0.39, 0.29) is 9.09 Å². The van der Waals surface area contributed by atoms with Crippen molar-refractivity contribution < 1.29 is 8.78 Å². The zero-order valence-electron chi connectivity index (χ0n) is 6.39. The monoisotopic (exact) mass is 291 g/mol. The van der Waals surface area contributed by atoms with Gasteiger partial charge in [0.25, 0.3) is 0 Å². The molecule has 1 aromatic heterocycles. The fourth-order valence-corrected chi connectivity index (χ4v) is 1.54. The first-order valence-corrected chi connectivity index (χ1v) is 4.66. The predicted molar refractivity (Wildman–Crippen MR) is 54.4 cm³/mol. The standard InChI is InChI=1S/C9H4F2IN/c10-6-4-5-2-1-3-13-9(5)7(11)8(6)12/h1-4H. The molecule has 2 aromatic rings. The molecular formula is C9H4F2IN. The van der Waals surface area contributed by atoms with E-state index in [4.69, 9.17) is 0 Å². The summed E-state index contributed by atoms with van der Waals surface area (Å²) in [5.41, 5.74) is 0.216. The van der Waals surface area contributed by atoms with Gasteiger partial charge in [-0.1, -0.05) is 6.07 Å². The van der Waals surface area contributed by atoms with E-state index in [9.17, 15) is 8.78 Å². The summed E-state index contributed by atoms with van der Waals surface area (Å²) in [4.78, 5) is 3.84. The maximum absolute atomic E-state index is 13.3. The quantitative estimate of drug-likeness (QED) is 0.537. The molecule has 0 saturated carbocycles. The minimum Gasteiger partial charge on any atom is -0.253 e. The van der Waals surface area contributed by atoms with Crippen molar-refractivity contribution in [3.05, 3.63) is 39.6 Å². The molecule has 0 unspecified atom stereocenters. The van der Waals surface area contributed by atoms with Crippen LogP contribution in [-0.4, -0.2) is 4.98 Å². The first-order chi connectivity index (χ1) is 6.20. The Kier molecular flexibility index (Phi) is 2.15. The number of rotatable bonds is 0. The lowest BCUT2D eigenvalue weighted by Crippen LogP contribution is -1.92. The third-order valence-corrected chi connectivity index (χ3v) is 2.72. The number of hydrogen-bond donors (Lipinski definition) is 0. The molecule has 2 rings (SSSR count). The highest BCUT2D eigenvalue weighted by atomic mass is 127. The molecule has 0 spiro atoms. The average Bonchev–Trinajstić information content (AvgIpc) is 2.15. The van der Waals surface area contributed by atoms with Crippen LogP contribution in [0.3, 0.4) is 0 Å². The van der Waals surface area contributed by atoms with Crippen molar-refractivity contribution in [3.8, 4) is 0 Å². The lowest BCUT2D eigenvalue weighted by molar-refractivity contribution is 0.578. The van der Waals surface area contributed by atoms with E-state index in [1.807, 2.05) is 0 Å². The Balaban J connectivity index is 2.94. The van der Waals surface area contributed by atoms with E-state index in [0.717, 1.165) is 0 Å². The molecule has 0 bridgehead atoms. The van der Waals surface area contributed by atoms with Crippen LogP contribution in [0.2, 0.25) is 0 Å². The summed E-state index contributed by atoms with van der Waals surface area (Å²) in [5, 5.41) is 0.484. The molecular weight excluding hydrogens is 287 g/mol. The smallest absolute Gasteiger partial charge is 0.165 e. The molecule has 1 aromatic carbocycles. The van der Waals surface area contributed by atoms with E-state index in [1.165, 1.54) is 12.3 Å². The molecule has 0 atom stereocenters. The summed E-state index contributed by atoms with van der Waals surface area (Å²) in [6.07, 6.45) is 1.49. The van der Waals surface area contributed by atoms with Crippen molar-refractivity contribution in [1.29, 1.82) is 0 Å². The van der Waals surface area contributed by atoms with Gasteiger partial charge in [0.15, 0.2) is 5.82 Å². The Morgan fingerprint density at radius 3 is 2.85 bits per heavy atom. The first kappa shape index (κ1) is 8.80. The Morgan fingerprint density at radius 2 is 2.08 bits per heavy atom. The number of halogens is 3. The summed E-state index contributed by atoms with van der Waals surface area (Å²) in [7, 11) is 0. The summed E-state index contributed by atoms with van der Waals surface area (Å²) < 4.78 is 26.4. The number of nitrogens with zero attached hydrogens (tertiary/aromatic N) is 1. The van der Waals surface area contributed by atoms with Gasteiger partial charge < -0.3 is 0 Å². The molecule has 0 saturated heterocycles. The SMILES string of the molecule is Fc1cc2cccnc2c(F)c1I. The lowest BCUT2D eigenvalue weighted by atomic mass is 10.2. The highest BCUT2D eigenvalue weighted by Crippen LogP contribution is 2.23. The topological polar surface area (TPSA) is 12.9 Å². The van der Waals surface area contributed by atoms with Gasteiger partial charge in [-0.25, -0.2) is 8.78 Å². The van der Waals surface area contributed by atoms with Crippen molar-refractivity contribution in [1.82, 2.24) is 4.98 Å². The van der Waals surface area contributed by atoms with Gasteiger partial charge in [0.1, 0.15) is 11.3 Å². The maximum Gasteiger partial charge on any atom is 0.165 e. The van der Waals surface area contributed by atoms with E-state index < -0.39 is 11.6 Å². The second-order valence-electron chi connectivity index (χ2n) is 2.56. The summed E-state index contributed by atoms with van der Waals surface area (Å²) in [6, 6.07) is 4.56. The van der Waals surface area contributed by atoms with Gasteiger partial charge in [0.05, 0.1) is 3.57 Å². The van der Waals surface area contributed by atoms with Gasteiger partial charge in [-0.15, -0.1) is 0 Å². The Bertz CT molecular complexity index is 470. The normalized spacial score (nSPS) is 10.7. The van der Waals surface area contributed by atoms with Gasteiger partial charge >= 0.3 is 0 Å². The summed E-state index contributed by atoms with van der Waals surface area (Å²) in [5.74, 6) is -1.13. The van der Waals surface area contributed by atoms with E-state index >= 15 is 0 Å². The molecule has 66 valence electrons. The maximum atomic E-state index is 13.3. The molecule has 0 amide bonds. The van der Waals surface area contributed by atoms with Gasteiger partial charge in [-0.05, 0) is 34.7 Å². The van der Waals surface area contributed by atoms with Crippen molar-refractivity contribution >= 4 is 33.5 Å². The minimum absolute atomic E-state index is 0.0104. The van der Waals surface area contributed by atoms with Crippen molar-refractivity contribution in [2.75, 3.05) is 0 Å². The molecule has 13 heavy (non-hydrogen) atoms. The summed E-state index contributed by atoms with van der Waals surface area (Å²) >= 11 is 1.63. The average molecular weight is 291 g/mol. The molecule has 0 fully saturated rings. The first-order valence-electron chi connectivity index (χ1n) is 3.58. The third-order valence-electron chi connectivity index (χ3n) is 1.73. The zero-order chi connectivity index (χ0) is 9.42. The zero-order valence-corrected chi connectivity index (χ0v) is 8.55. The molecule has 0 aliphatic rings. The van der Waals surface area contributed by atoms with Crippen LogP contribution in [-0.2, 0) is 0 Å².